The van der Waals surface area contributed by atoms with Gasteiger partial charge in [-0.2, -0.15) is 4.31 Å². The summed E-state index contributed by atoms with van der Waals surface area (Å²) in [5.41, 5.74) is -1.93. The Morgan fingerprint density at radius 1 is 0.889 bits per heavy atom. The van der Waals surface area contributed by atoms with Crippen LogP contribution in [0.2, 0.25) is 0 Å². The van der Waals surface area contributed by atoms with Gasteiger partial charge in [-0.05, 0) is 67.5 Å². The van der Waals surface area contributed by atoms with Gasteiger partial charge in [-0.25, -0.2) is 27.7 Å². The van der Waals surface area contributed by atoms with E-state index in [0.29, 0.717) is 4.90 Å². The fraction of sp³-hybridized carbons (Fsp3) is 0.500. The number of nitrogens with zero attached hydrogens (tertiary/aromatic N) is 2. The van der Waals surface area contributed by atoms with Crippen LogP contribution in [0.3, 0.4) is 0 Å². The molecule has 0 aliphatic carbocycles. The molecule has 0 N–H and O–H groups in total. The number of imide groups is 1. The molecular formula is C24H34N2O9S. The summed E-state index contributed by atoms with van der Waals surface area (Å²) < 4.78 is 42.1. The van der Waals surface area contributed by atoms with Crippen molar-refractivity contribution in [3.8, 4) is 0 Å². The molecule has 0 heterocycles. The lowest BCUT2D eigenvalue weighted by atomic mass is 10.2. The first-order chi connectivity index (χ1) is 16.3. The van der Waals surface area contributed by atoms with Gasteiger partial charge in [0.05, 0.1) is 12.0 Å². The number of hydrogen-bond acceptors (Lipinski definition) is 9. The SMILES string of the molecule is C/C=C(/C(=O)OC)N(C(=O)CN(C(=O)OC(C)(C)C)S(=O)(=O)c1ccc(C)cc1)C(=O)OC(C)(C)C. The standard InChI is InChI=1S/C24H34N2O9S/c1-10-18(20(28)33-9)26(22(30)35-24(6,7)8)19(27)15-25(21(29)34-23(3,4)5)36(31,32)17-13-11-16(2)12-14-17/h10-14H,15H2,1-9H3/b18-10-. The van der Waals surface area contributed by atoms with Gasteiger partial charge >= 0.3 is 18.2 Å². The predicted molar refractivity (Wildman–Crippen MR) is 130 cm³/mol. The molecule has 0 fully saturated rings. The highest BCUT2D eigenvalue weighted by atomic mass is 32.2. The lowest BCUT2D eigenvalue weighted by Gasteiger charge is -2.30. The summed E-state index contributed by atoms with van der Waals surface area (Å²) in [6.07, 6.45) is -1.48. The molecule has 0 saturated carbocycles. The lowest BCUT2D eigenvalue weighted by Crippen LogP contribution is -2.50. The van der Waals surface area contributed by atoms with E-state index < -0.39 is 57.5 Å². The smallest absolute Gasteiger partial charge is 0.424 e. The van der Waals surface area contributed by atoms with Gasteiger partial charge in [0.25, 0.3) is 15.9 Å². The van der Waals surface area contributed by atoms with Crippen LogP contribution in [-0.4, -0.2) is 66.5 Å². The highest BCUT2D eigenvalue weighted by Gasteiger charge is 2.40. The lowest BCUT2D eigenvalue weighted by molar-refractivity contribution is -0.141. The van der Waals surface area contributed by atoms with E-state index >= 15 is 0 Å². The van der Waals surface area contributed by atoms with Crippen molar-refractivity contribution in [1.82, 2.24) is 9.21 Å². The molecule has 0 unspecified atom stereocenters. The second kappa shape index (κ2) is 11.5. The van der Waals surface area contributed by atoms with Gasteiger partial charge in [0, 0.05) is 0 Å². The topological polar surface area (TPSA) is 137 Å². The van der Waals surface area contributed by atoms with Gasteiger partial charge in [-0.1, -0.05) is 23.8 Å². The summed E-state index contributed by atoms with van der Waals surface area (Å²) in [5, 5.41) is 0. The zero-order valence-electron chi connectivity index (χ0n) is 22.1. The van der Waals surface area contributed by atoms with E-state index in [-0.39, 0.29) is 9.20 Å². The average Bonchev–Trinajstić information content (AvgIpc) is 2.72. The number of esters is 1. The molecule has 3 amide bonds. The van der Waals surface area contributed by atoms with Crippen molar-refractivity contribution in [2.24, 2.45) is 0 Å². The van der Waals surface area contributed by atoms with E-state index in [4.69, 9.17) is 9.47 Å². The Hall–Kier alpha value is -3.41. The largest absolute Gasteiger partial charge is 0.464 e. The minimum absolute atomic E-state index is 0.202. The minimum atomic E-state index is -4.61. The molecule has 0 aliphatic rings. The molecule has 0 radical (unpaired) electrons. The fourth-order valence-electron chi connectivity index (χ4n) is 2.68. The summed E-state index contributed by atoms with van der Waals surface area (Å²) in [4.78, 5) is 51.6. The Morgan fingerprint density at radius 2 is 1.36 bits per heavy atom. The molecule has 0 saturated heterocycles. The van der Waals surface area contributed by atoms with Crippen molar-refractivity contribution in [1.29, 1.82) is 0 Å². The number of ether oxygens (including phenoxy) is 3. The number of rotatable bonds is 6. The van der Waals surface area contributed by atoms with Crippen LogP contribution in [0.4, 0.5) is 9.59 Å². The Labute approximate surface area is 212 Å². The number of carbonyl (C=O) groups excluding carboxylic acids is 4. The minimum Gasteiger partial charge on any atom is -0.464 e. The summed E-state index contributed by atoms with van der Waals surface area (Å²) in [6, 6.07) is 5.57. The summed E-state index contributed by atoms with van der Waals surface area (Å²) in [6.45, 7) is 11.1. The van der Waals surface area contributed by atoms with Crippen molar-refractivity contribution in [3.05, 3.63) is 41.6 Å². The molecule has 12 heteroatoms. The number of hydrogen-bond donors (Lipinski definition) is 0. The maximum absolute atomic E-state index is 13.4. The highest BCUT2D eigenvalue weighted by Crippen LogP contribution is 2.22. The second-order valence-electron chi connectivity index (χ2n) is 9.68. The molecular weight excluding hydrogens is 492 g/mol. The second-order valence-corrected chi connectivity index (χ2v) is 11.5. The molecule has 1 aromatic carbocycles. The molecule has 0 aromatic heterocycles. The number of aryl methyl sites for hydroxylation is 1. The van der Waals surface area contributed by atoms with Gasteiger partial charge < -0.3 is 14.2 Å². The van der Waals surface area contributed by atoms with Gasteiger partial charge in [0.1, 0.15) is 23.4 Å². The van der Waals surface area contributed by atoms with Crippen LogP contribution in [0.1, 0.15) is 54.0 Å². The first-order valence-corrected chi connectivity index (χ1v) is 12.4. The van der Waals surface area contributed by atoms with E-state index in [1.165, 1.54) is 72.7 Å². The molecule has 0 spiro atoms. The van der Waals surface area contributed by atoms with Crippen LogP contribution in [0.25, 0.3) is 0 Å². The Kier molecular flexibility index (Phi) is 9.82. The van der Waals surface area contributed by atoms with Crippen LogP contribution >= 0.6 is 0 Å². The zero-order chi connectivity index (χ0) is 28.1. The zero-order valence-corrected chi connectivity index (χ0v) is 22.9. The Morgan fingerprint density at radius 3 is 1.78 bits per heavy atom. The van der Waals surface area contributed by atoms with E-state index in [2.05, 4.69) is 4.74 Å². The van der Waals surface area contributed by atoms with Crippen molar-refractivity contribution < 1.29 is 41.8 Å². The van der Waals surface area contributed by atoms with E-state index in [1.807, 2.05) is 0 Å². The van der Waals surface area contributed by atoms with Crippen molar-refractivity contribution in [2.45, 2.75) is 71.5 Å². The number of allylic oxidation sites excluding steroid dienone is 1. The molecule has 0 aliphatic heterocycles. The van der Waals surface area contributed by atoms with Crippen molar-refractivity contribution in [2.75, 3.05) is 13.7 Å². The quantitative estimate of drug-likeness (QED) is 0.308. The number of methoxy groups -OCH3 is 1. The maximum atomic E-state index is 13.4. The van der Waals surface area contributed by atoms with Gasteiger partial charge in [0.2, 0.25) is 0 Å². The third-order valence-corrected chi connectivity index (χ3v) is 5.95. The number of carbonyl (C=O) groups is 4. The fourth-order valence-corrected chi connectivity index (χ4v) is 3.92. The third-order valence-electron chi connectivity index (χ3n) is 4.22. The van der Waals surface area contributed by atoms with Crippen LogP contribution in [0.15, 0.2) is 40.9 Å². The highest BCUT2D eigenvalue weighted by molar-refractivity contribution is 7.89. The molecule has 0 atom stereocenters. The van der Waals surface area contributed by atoms with Crippen LogP contribution < -0.4 is 0 Å². The molecule has 11 nitrogen and oxygen atoms in total. The molecule has 200 valence electrons. The van der Waals surface area contributed by atoms with Gasteiger partial charge in [0.15, 0.2) is 0 Å². The van der Waals surface area contributed by atoms with Gasteiger partial charge in [-0.3, -0.25) is 4.79 Å². The number of amides is 3. The van der Waals surface area contributed by atoms with Crippen LogP contribution in [0.5, 0.6) is 0 Å². The molecule has 0 bridgehead atoms. The van der Waals surface area contributed by atoms with Crippen LogP contribution in [-0.2, 0) is 33.8 Å². The first kappa shape index (κ1) is 30.6. The van der Waals surface area contributed by atoms with Crippen molar-refractivity contribution >= 4 is 34.1 Å². The molecule has 1 aromatic rings. The summed E-state index contributed by atoms with van der Waals surface area (Å²) in [5.74, 6) is -2.30. The summed E-state index contributed by atoms with van der Waals surface area (Å²) >= 11 is 0. The monoisotopic (exact) mass is 526 g/mol. The Balaban J connectivity index is 3.61. The van der Waals surface area contributed by atoms with Crippen molar-refractivity contribution in [3.63, 3.8) is 0 Å². The normalized spacial score (nSPS) is 12.4. The molecule has 36 heavy (non-hydrogen) atoms. The maximum Gasteiger partial charge on any atom is 0.424 e. The van der Waals surface area contributed by atoms with Gasteiger partial charge in [-0.15, -0.1) is 0 Å². The molecule has 1 rings (SSSR count). The van der Waals surface area contributed by atoms with Crippen LogP contribution in [0, 0.1) is 6.92 Å². The van der Waals surface area contributed by atoms with E-state index in [9.17, 15) is 27.6 Å². The number of benzene rings is 1. The Bertz CT molecular complexity index is 1130. The number of sulfonamides is 1. The van der Waals surface area contributed by atoms with E-state index in [0.717, 1.165) is 18.7 Å². The average molecular weight is 527 g/mol. The summed E-state index contributed by atoms with van der Waals surface area (Å²) in [7, 11) is -3.57. The predicted octanol–water partition coefficient (Wildman–Crippen LogP) is 3.76. The van der Waals surface area contributed by atoms with E-state index in [1.54, 1.807) is 6.92 Å². The third kappa shape index (κ3) is 8.36. The first-order valence-electron chi connectivity index (χ1n) is 11.0.